The van der Waals surface area contributed by atoms with Gasteiger partial charge in [-0.1, -0.05) is 30.2 Å². The Balaban J connectivity index is 1.44. The topological polar surface area (TPSA) is 25.4 Å². The molecule has 1 fully saturated rings. The molecular weight excluding hydrogens is 388 g/mol. The van der Waals surface area contributed by atoms with Gasteiger partial charge in [-0.25, -0.2) is 4.98 Å². The van der Waals surface area contributed by atoms with Crippen LogP contribution in [-0.4, -0.2) is 36.6 Å². The monoisotopic (exact) mass is 418 g/mol. The van der Waals surface area contributed by atoms with Gasteiger partial charge >= 0.3 is 0 Å². The van der Waals surface area contributed by atoms with E-state index in [9.17, 15) is 0 Å². The fourth-order valence-electron chi connectivity index (χ4n) is 3.92. The van der Waals surface area contributed by atoms with Gasteiger partial charge in [-0.05, 0) is 86.6 Å². The van der Waals surface area contributed by atoms with Crippen LogP contribution in [0.25, 0.3) is 0 Å². The zero-order chi connectivity index (χ0) is 18.4. The van der Waals surface area contributed by atoms with Crippen LogP contribution < -0.4 is 4.74 Å². The van der Waals surface area contributed by atoms with Gasteiger partial charge in [0.15, 0.2) is 0 Å². The zero-order valence-electron chi connectivity index (χ0n) is 16.1. The van der Waals surface area contributed by atoms with Crippen molar-refractivity contribution in [2.75, 3.05) is 26.7 Å². The van der Waals surface area contributed by atoms with Crippen LogP contribution in [0, 0.1) is 5.92 Å². The highest BCUT2D eigenvalue weighted by atomic mass is 79.9. The van der Waals surface area contributed by atoms with Gasteiger partial charge in [-0.15, -0.1) is 0 Å². The molecule has 3 rings (SSSR count). The van der Waals surface area contributed by atoms with Gasteiger partial charge in [0, 0.05) is 22.7 Å². The molecule has 26 heavy (non-hydrogen) atoms. The third-order valence-electron chi connectivity index (χ3n) is 5.59. The Hall–Kier alpha value is -1.13. The van der Waals surface area contributed by atoms with E-state index in [1.165, 1.54) is 49.9 Å². The molecule has 0 saturated carbocycles. The first-order valence-electron chi connectivity index (χ1n) is 9.93. The number of aromatic nitrogens is 1. The molecule has 0 N–H and O–H groups in total. The number of pyridine rings is 1. The molecule has 1 aromatic heterocycles. The number of allylic oxidation sites excluding steroid dienone is 4. The minimum atomic E-state index is 0.407. The van der Waals surface area contributed by atoms with Crippen molar-refractivity contribution in [2.24, 2.45) is 5.92 Å². The molecule has 0 bridgehead atoms. The summed E-state index contributed by atoms with van der Waals surface area (Å²) in [5, 5.41) is 0. The van der Waals surface area contributed by atoms with Crippen molar-refractivity contribution < 1.29 is 4.74 Å². The van der Waals surface area contributed by atoms with Crippen molar-refractivity contribution in [3.05, 3.63) is 46.1 Å². The third kappa shape index (κ3) is 5.68. The molecule has 0 spiro atoms. The largest absolute Gasteiger partial charge is 0.478 e. The van der Waals surface area contributed by atoms with E-state index in [1.807, 2.05) is 6.20 Å². The summed E-state index contributed by atoms with van der Waals surface area (Å²) in [5.74, 6) is 2.07. The molecule has 1 unspecified atom stereocenters. The van der Waals surface area contributed by atoms with E-state index in [0.29, 0.717) is 5.92 Å². The molecule has 2 aliphatic rings. The maximum Gasteiger partial charge on any atom is 0.213 e. The van der Waals surface area contributed by atoms with Crippen LogP contribution in [-0.2, 0) is 0 Å². The lowest BCUT2D eigenvalue weighted by Crippen LogP contribution is -2.30. The molecule has 142 valence electrons. The predicted octanol–water partition coefficient (Wildman–Crippen LogP) is 5.72. The molecule has 1 saturated heterocycles. The molecule has 1 atom stereocenters. The van der Waals surface area contributed by atoms with Gasteiger partial charge in [0.2, 0.25) is 5.88 Å². The quantitative estimate of drug-likeness (QED) is 0.528. The Morgan fingerprint density at radius 2 is 2.08 bits per heavy atom. The summed E-state index contributed by atoms with van der Waals surface area (Å²) >= 11 is 3.65. The summed E-state index contributed by atoms with van der Waals surface area (Å²) in [6, 6.07) is 2.11. The van der Waals surface area contributed by atoms with Crippen LogP contribution in [0.2, 0.25) is 0 Å². The predicted molar refractivity (Wildman–Crippen MR) is 112 cm³/mol. The smallest absolute Gasteiger partial charge is 0.213 e. The number of hydrogen-bond acceptors (Lipinski definition) is 3. The van der Waals surface area contributed by atoms with Gasteiger partial charge in [-0.3, -0.25) is 0 Å². The van der Waals surface area contributed by atoms with Crippen LogP contribution in [0.3, 0.4) is 0 Å². The van der Waals surface area contributed by atoms with E-state index in [1.54, 1.807) is 0 Å². The summed E-state index contributed by atoms with van der Waals surface area (Å²) in [5.41, 5.74) is 2.59. The summed E-state index contributed by atoms with van der Waals surface area (Å²) in [7, 11) is 2.23. The Labute approximate surface area is 166 Å². The van der Waals surface area contributed by atoms with Crippen molar-refractivity contribution in [2.45, 2.75) is 51.4 Å². The first kappa shape index (κ1) is 19.6. The number of unbranched alkanes of at least 4 members (excludes halogenated alkanes) is 1. The Morgan fingerprint density at radius 3 is 2.85 bits per heavy atom. The average molecular weight is 419 g/mol. The lowest BCUT2D eigenvalue weighted by atomic mass is 9.91. The molecule has 0 amide bonds. The molecule has 1 aliphatic carbocycles. The molecule has 1 aliphatic heterocycles. The lowest BCUT2D eigenvalue weighted by molar-refractivity contribution is 0.205. The van der Waals surface area contributed by atoms with E-state index in [2.05, 4.69) is 64.1 Å². The first-order chi connectivity index (χ1) is 12.6. The maximum atomic E-state index is 5.95. The van der Waals surface area contributed by atoms with Gasteiger partial charge in [0.05, 0.1) is 6.61 Å². The minimum Gasteiger partial charge on any atom is -0.478 e. The summed E-state index contributed by atoms with van der Waals surface area (Å²) in [6.45, 7) is 5.44. The number of hydrogen-bond donors (Lipinski definition) is 0. The van der Waals surface area contributed by atoms with Crippen LogP contribution in [0.5, 0.6) is 5.88 Å². The fourth-order valence-corrected chi connectivity index (χ4v) is 4.43. The summed E-state index contributed by atoms with van der Waals surface area (Å²) in [6.07, 6.45) is 16.1. The van der Waals surface area contributed by atoms with Gasteiger partial charge < -0.3 is 9.64 Å². The number of likely N-dealkylation sites (tertiary alicyclic amines) is 1. The average Bonchev–Trinajstić information content (AvgIpc) is 2.64. The van der Waals surface area contributed by atoms with Crippen molar-refractivity contribution in [3.8, 4) is 5.88 Å². The maximum absolute atomic E-state index is 5.95. The van der Waals surface area contributed by atoms with Crippen molar-refractivity contribution in [1.82, 2.24) is 9.88 Å². The Kier molecular flexibility index (Phi) is 7.32. The number of halogens is 1. The van der Waals surface area contributed by atoms with E-state index < -0.39 is 0 Å². The van der Waals surface area contributed by atoms with E-state index in [4.69, 9.17) is 4.74 Å². The summed E-state index contributed by atoms with van der Waals surface area (Å²) in [4.78, 5) is 6.87. The van der Waals surface area contributed by atoms with Gasteiger partial charge in [0.1, 0.15) is 0 Å². The highest BCUT2D eigenvalue weighted by Gasteiger charge is 2.17. The molecule has 0 aromatic carbocycles. The zero-order valence-corrected chi connectivity index (χ0v) is 17.7. The SMILES string of the molecule is CC1=CC(c2cc(OCCCCC3CCN(C)CC3)ncc2Br)CC=C1. The second kappa shape index (κ2) is 9.70. The van der Waals surface area contributed by atoms with Crippen LogP contribution in [0.4, 0.5) is 0 Å². The Bertz CT molecular complexity index is 648. The Morgan fingerprint density at radius 1 is 1.27 bits per heavy atom. The lowest BCUT2D eigenvalue weighted by Gasteiger charge is -2.28. The summed E-state index contributed by atoms with van der Waals surface area (Å²) < 4.78 is 7.01. The molecular formula is C22H31BrN2O. The van der Waals surface area contributed by atoms with Crippen LogP contribution >= 0.6 is 15.9 Å². The van der Waals surface area contributed by atoms with Gasteiger partial charge in [-0.2, -0.15) is 0 Å². The normalized spacial score (nSPS) is 21.7. The third-order valence-corrected chi connectivity index (χ3v) is 6.25. The van der Waals surface area contributed by atoms with E-state index >= 15 is 0 Å². The highest BCUT2D eigenvalue weighted by Crippen LogP contribution is 2.33. The molecule has 1 aromatic rings. The number of ether oxygens (including phenoxy) is 1. The van der Waals surface area contributed by atoms with E-state index in [-0.39, 0.29) is 0 Å². The molecule has 4 heteroatoms. The fraction of sp³-hybridized carbons (Fsp3) is 0.591. The van der Waals surface area contributed by atoms with Crippen LogP contribution in [0.1, 0.15) is 56.9 Å². The second-order valence-corrected chi connectivity index (χ2v) is 8.64. The van der Waals surface area contributed by atoms with Crippen molar-refractivity contribution in [3.63, 3.8) is 0 Å². The second-order valence-electron chi connectivity index (χ2n) is 7.79. The van der Waals surface area contributed by atoms with Crippen molar-refractivity contribution >= 4 is 15.9 Å². The number of nitrogens with zero attached hydrogens (tertiary/aromatic N) is 2. The van der Waals surface area contributed by atoms with Crippen molar-refractivity contribution in [1.29, 1.82) is 0 Å². The first-order valence-corrected chi connectivity index (χ1v) is 10.7. The highest BCUT2D eigenvalue weighted by molar-refractivity contribution is 9.10. The molecule has 2 heterocycles. The molecule has 0 radical (unpaired) electrons. The number of rotatable bonds is 7. The molecule has 3 nitrogen and oxygen atoms in total. The number of piperidine rings is 1. The standard InChI is InChI=1S/C22H31BrN2O/c1-17-6-5-8-19(14-17)20-15-22(24-16-21(20)23)26-13-4-3-7-18-9-11-25(2)12-10-18/h5-6,14-16,18-19H,3-4,7-13H2,1-2H3. The minimum absolute atomic E-state index is 0.407. The van der Waals surface area contributed by atoms with Crippen LogP contribution in [0.15, 0.2) is 40.5 Å². The van der Waals surface area contributed by atoms with Gasteiger partial charge in [0.25, 0.3) is 0 Å². The van der Waals surface area contributed by atoms with E-state index in [0.717, 1.165) is 35.7 Å².